The van der Waals surface area contributed by atoms with Gasteiger partial charge < -0.3 is 10.0 Å². The van der Waals surface area contributed by atoms with Crippen LogP contribution in [0.15, 0.2) is 24.4 Å². The minimum absolute atomic E-state index is 0.252. The van der Waals surface area contributed by atoms with Crippen molar-refractivity contribution >= 4 is 17.4 Å². The number of hydrogen-bond donors (Lipinski definition) is 1. The topological polar surface area (TPSA) is 57.8 Å². The number of fused-ring (bicyclic) bond motifs is 1. The van der Waals surface area contributed by atoms with E-state index in [9.17, 15) is 9.90 Å². The molecule has 0 spiro atoms. The molecule has 5 nitrogen and oxygen atoms in total. The third-order valence-corrected chi connectivity index (χ3v) is 3.86. The summed E-state index contributed by atoms with van der Waals surface area (Å²) in [6.45, 7) is 7.19. The zero-order chi connectivity index (χ0) is 15.4. The van der Waals surface area contributed by atoms with E-state index in [4.69, 9.17) is 0 Å². The molecule has 0 radical (unpaired) electrons. The molecular weight excluding hydrogens is 266 g/mol. The quantitative estimate of drug-likeness (QED) is 0.848. The first-order valence-corrected chi connectivity index (χ1v) is 7.57. The number of nitrogens with zero attached hydrogens (tertiary/aromatic N) is 3. The molecule has 0 aromatic carbocycles. The van der Waals surface area contributed by atoms with Gasteiger partial charge in [-0.3, -0.25) is 4.40 Å². The van der Waals surface area contributed by atoms with Gasteiger partial charge in [-0.05, 0) is 31.9 Å². The lowest BCUT2D eigenvalue weighted by molar-refractivity contribution is 0.0690. The predicted molar refractivity (Wildman–Crippen MR) is 84.2 cm³/mol. The van der Waals surface area contributed by atoms with Gasteiger partial charge in [-0.2, -0.15) is 0 Å². The molecule has 0 amide bonds. The molecule has 1 atom stereocenters. The maximum absolute atomic E-state index is 11.7. The molecular formula is C16H23N3O2. The Bertz CT molecular complexity index is 621. The summed E-state index contributed by atoms with van der Waals surface area (Å²) in [7, 11) is 0. The molecule has 21 heavy (non-hydrogen) atoms. The number of anilines is 1. The van der Waals surface area contributed by atoms with Crippen molar-refractivity contribution in [2.45, 2.75) is 46.1 Å². The third kappa shape index (κ3) is 3.01. The molecule has 0 aliphatic rings. The van der Waals surface area contributed by atoms with Crippen LogP contribution in [0.1, 0.15) is 50.5 Å². The number of imidazole rings is 1. The van der Waals surface area contributed by atoms with Crippen molar-refractivity contribution in [2.24, 2.45) is 0 Å². The van der Waals surface area contributed by atoms with E-state index < -0.39 is 5.97 Å². The maximum Gasteiger partial charge on any atom is 0.356 e. The molecule has 114 valence electrons. The molecule has 2 rings (SSSR count). The van der Waals surface area contributed by atoms with Gasteiger partial charge in [0, 0.05) is 18.8 Å². The van der Waals surface area contributed by atoms with Crippen molar-refractivity contribution in [1.29, 1.82) is 0 Å². The van der Waals surface area contributed by atoms with Gasteiger partial charge in [-0.15, -0.1) is 0 Å². The lowest BCUT2D eigenvalue weighted by atomic mass is 10.2. The van der Waals surface area contributed by atoms with E-state index in [-0.39, 0.29) is 11.7 Å². The number of rotatable bonds is 7. The fourth-order valence-electron chi connectivity index (χ4n) is 2.47. The highest BCUT2D eigenvalue weighted by Gasteiger charge is 2.25. The lowest BCUT2D eigenvalue weighted by Crippen LogP contribution is -2.35. The van der Waals surface area contributed by atoms with Crippen LogP contribution in [-0.4, -0.2) is 33.0 Å². The van der Waals surface area contributed by atoms with Gasteiger partial charge in [0.15, 0.2) is 11.5 Å². The number of pyridine rings is 1. The average Bonchev–Trinajstić information content (AvgIpc) is 2.86. The van der Waals surface area contributed by atoms with Crippen LogP contribution >= 0.6 is 0 Å². The smallest absolute Gasteiger partial charge is 0.356 e. The summed E-state index contributed by atoms with van der Waals surface area (Å²) in [4.78, 5) is 18.4. The van der Waals surface area contributed by atoms with Crippen LogP contribution in [0.5, 0.6) is 0 Å². The second-order valence-corrected chi connectivity index (χ2v) is 5.32. The summed E-state index contributed by atoms with van der Waals surface area (Å²) in [6.07, 6.45) is 4.81. The summed E-state index contributed by atoms with van der Waals surface area (Å²) < 4.78 is 1.65. The van der Waals surface area contributed by atoms with Gasteiger partial charge in [0.1, 0.15) is 5.65 Å². The predicted octanol–water partition coefficient (Wildman–Crippen LogP) is 3.44. The highest BCUT2D eigenvalue weighted by molar-refractivity contribution is 5.93. The minimum Gasteiger partial charge on any atom is -0.476 e. The zero-order valence-electron chi connectivity index (χ0n) is 12.9. The molecule has 0 aliphatic carbocycles. The van der Waals surface area contributed by atoms with E-state index in [1.165, 1.54) is 0 Å². The monoisotopic (exact) mass is 289 g/mol. The summed E-state index contributed by atoms with van der Waals surface area (Å²) >= 11 is 0. The van der Waals surface area contributed by atoms with Crippen molar-refractivity contribution in [3.05, 3.63) is 30.1 Å². The fraction of sp³-hybridized carbons (Fsp3) is 0.500. The van der Waals surface area contributed by atoms with Crippen LogP contribution in [0.4, 0.5) is 5.82 Å². The number of aromatic carboxylic acids is 1. The first-order chi connectivity index (χ1) is 10.1. The molecule has 1 N–H and O–H groups in total. The summed E-state index contributed by atoms with van der Waals surface area (Å²) in [5.74, 6) is -0.356. The van der Waals surface area contributed by atoms with Crippen LogP contribution in [0.2, 0.25) is 0 Å². The first kappa shape index (κ1) is 15.4. The van der Waals surface area contributed by atoms with E-state index in [2.05, 4.69) is 30.7 Å². The van der Waals surface area contributed by atoms with Gasteiger partial charge in [0.05, 0.1) is 0 Å². The van der Waals surface area contributed by atoms with E-state index in [1.807, 2.05) is 18.2 Å². The highest BCUT2D eigenvalue weighted by atomic mass is 16.4. The largest absolute Gasteiger partial charge is 0.476 e. The van der Waals surface area contributed by atoms with Gasteiger partial charge in [-0.1, -0.05) is 26.3 Å². The van der Waals surface area contributed by atoms with E-state index >= 15 is 0 Å². The number of aromatic nitrogens is 2. The molecule has 2 aromatic rings. The molecule has 2 heterocycles. The molecule has 1 unspecified atom stereocenters. The Morgan fingerprint density at radius 2 is 2.19 bits per heavy atom. The molecule has 2 aromatic heterocycles. The van der Waals surface area contributed by atoms with E-state index in [0.717, 1.165) is 25.8 Å². The van der Waals surface area contributed by atoms with Crippen molar-refractivity contribution in [1.82, 2.24) is 9.38 Å². The standard InChI is InChI=1S/C16H23N3O2/c1-4-6-10-18(12(3)5-2)15-14(16(20)21)19-11-8-7-9-13(19)17-15/h7-9,11-12H,4-6,10H2,1-3H3,(H,20,21). The normalized spacial score (nSPS) is 12.5. The summed E-state index contributed by atoms with van der Waals surface area (Å²) in [5, 5.41) is 9.59. The maximum atomic E-state index is 11.7. The molecule has 0 saturated heterocycles. The van der Waals surface area contributed by atoms with Crippen molar-refractivity contribution < 1.29 is 9.90 Å². The Morgan fingerprint density at radius 1 is 1.43 bits per heavy atom. The highest BCUT2D eigenvalue weighted by Crippen LogP contribution is 2.25. The van der Waals surface area contributed by atoms with Gasteiger partial charge in [0.2, 0.25) is 0 Å². The van der Waals surface area contributed by atoms with Gasteiger partial charge in [0.25, 0.3) is 0 Å². The SMILES string of the molecule is CCCCN(c1nc2ccccn2c1C(=O)O)C(C)CC. The Morgan fingerprint density at radius 3 is 2.81 bits per heavy atom. The number of carbonyl (C=O) groups is 1. The minimum atomic E-state index is -0.937. The Hall–Kier alpha value is -2.04. The number of carboxylic acid groups (broad SMARTS) is 1. The van der Waals surface area contributed by atoms with Gasteiger partial charge in [-0.25, -0.2) is 9.78 Å². The van der Waals surface area contributed by atoms with Crippen LogP contribution in [0.25, 0.3) is 5.65 Å². The van der Waals surface area contributed by atoms with Crippen molar-refractivity contribution in [3.63, 3.8) is 0 Å². The Labute approximate surface area is 125 Å². The first-order valence-electron chi connectivity index (χ1n) is 7.57. The summed E-state index contributed by atoms with van der Waals surface area (Å²) in [5.41, 5.74) is 0.928. The van der Waals surface area contributed by atoms with Crippen molar-refractivity contribution in [3.8, 4) is 0 Å². The molecule has 0 bridgehead atoms. The van der Waals surface area contributed by atoms with Crippen molar-refractivity contribution in [2.75, 3.05) is 11.4 Å². The molecule has 0 saturated carbocycles. The second-order valence-electron chi connectivity index (χ2n) is 5.32. The number of hydrogen-bond acceptors (Lipinski definition) is 3. The third-order valence-electron chi connectivity index (χ3n) is 3.86. The molecule has 0 fully saturated rings. The Kier molecular flexibility index (Phi) is 4.83. The summed E-state index contributed by atoms with van der Waals surface area (Å²) in [6, 6.07) is 5.80. The van der Waals surface area contributed by atoms with Crippen LogP contribution in [0.3, 0.4) is 0 Å². The molecule has 5 heteroatoms. The Balaban J connectivity index is 2.55. The van der Waals surface area contributed by atoms with E-state index in [0.29, 0.717) is 11.5 Å². The molecule has 0 aliphatic heterocycles. The van der Waals surface area contributed by atoms with Gasteiger partial charge >= 0.3 is 5.97 Å². The van der Waals surface area contributed by atoms with Crippen LogP contribution in [-0.2, 0) is 0 Å². The van der Waals surface area contributed by atoms with Crippen LogP contribution in [0, 0.1) is 0 Å². The number of unbranched alkanes of at least 4 members (excludes halogenated alkanes) is 1. The van der Waals surface area contributed by atoms with Crippen LogP contribution < -0.4 is 4.90 Å². The van der Waals surface area contributed by atoms with E-state index in [1.54, 1.807) is 10.6 Å². The average molecular weight is 289 g/mol. The zero-order valence-corrected chi connectivity index (χ0v) is 12.9. The lowest BCUT2D eigenvalue weighted by Gasteiger charge is -2.29. The fourth-order valence-corrected chi connectivity index (χ4v) is 2.47. The number of carboxylic acids is 1. The second kappa shape index (κ2) is 6.61.